The first-order valence-electron chi connectivity index (χ1n) is 9.83. The molecule has 4 aromatic heterocycles. The van der Waals surface area contributed by atoms with Crippen LogP contribution in [0.5, 0.6) is 0 Å². The summed E-state index contributed by atoms with van der Waals surface area (Å²) in [6.45, 7) is 2.56. The van der Waals surface area contributed by atoms with Gasteiger partial charge in [-0.3, -0.25) is 10.1 Å². The van der Waals surface area contributed by atoms with Crippen LogP contribution in [0, 0.1) is 6.92 Å². The maximum Gasteiger partial charge on any atom is 0.258 e. The maximum atomic E-state index is 13.1. The molecular formula is C21H21N5OS2. The van der Waals surface area contributed by atoms with E-state index in [0.717, 1.165) is 35.3 Å². The molecule has 4 heterocycles. The molecule has 1 amide bonds. The van der Waals surface area contributed by atoms with Gasteiger partial charge < -0.3 is 0 Å². The van der Waals surface area contributed by atoms with Crippen molar-refractivity contribution in [2.75, 3.05) is 5.32 Å². The largest absolute Gasteiger partial charge is 0.298 e. The third-order valence-corrected chi connectivity index (χ3v) is 7.12. The summed E-state index contributed by atoms with van der Waals surface area (Å²) in [5.74, 6) is -0.153. The van der Waals surface area contributed by atoms with Gasteiger partial charge in [-0.05, 0) is 50.1 Å². The fraction of sp³-hybridized carbons (Fsp3) is 0.333. The highest BCUT2D eigenvalue weighted by molar-refractivity contribution is 7.15. The number of aryl methyl sites for hydroxylation is 3. The third kappa shape index (κ3) is 3.70. The van der Waals surface area contributed by atoms with Crippen molar-refractivity contribution in [2.24, 2.45) is 0 Å². The van der Waals surface area contributed by atoms with Crippen LogP contribution in [-0.2, 0) is 19.4 Å². The Hall–Kier alpha value is -2.58. The van der Waals surface area contributed by atoms with Gasteiger partial charge in [-0.2, -0.15) is 5.10 Å². The minimum atomic E-state index is -0.153. The topological polar surface area (TPSA) is 72.7 Å². The molecule has 1 N–H and O–H groups in total. The van der Waals surface area contributed by atoms with E-state index in [2.05, 4.69) is 26.4 Å². The Bertz CT molecular complexity index is 1150. The van der Waals surface area contributed by atoms with E-state index in [4.69, 9.17) is 0 Å². The normalized spacial score (nSPS) is 14.0. The van der Waals surface area contributed by atoms with Crippen LogP contribution in [0.2, 0.25) is 0 Å². The van der Waals surface area contributed by atoms with Gasteiger partial charge >= 0.3 is 0 Å². The fourth-order valence-electron chi connectivity index (χ4n) is 3.77. The van der Waals surface area contributed by atoms with Gasteiger partial charge in [0.25, 0.3) is 5.91 Å². The van der Waals surface area contributed by atoms with Gasteiger partial charge in [-0.25, -0.2) is 14.6 Å². The van der Waals surface area contributed by atoms with Crippen LogP contribution in [0.25, 0.3) is 11.0 Å². The van der Waals surface area contributed by atoms with Crippen LogP contribution in [0.15, 0.2) is 29.8 Å². The minimum Gasteiger partial charge on any atom is -0.298 e. The zero-order valence-corrected chi connectivity index (χ0v) is 17.8. The number of hydrogen-bond donors (Lipinski definition) is 1. The average Bonchev–Trinajstić information content (AvgIpc) is 3.41. The van der Waals surface area contributed by atoms with E-state index >= 15 is 0 Å². The molecule has 148 valence electrons. The quantitative estimate of drug-likeness (QED) is 0.477. The number of aromatic nitrogens is 4. The molecule has 4 aromatic rings. The monoisotopic (exact) mass is 423 g/mol. The molecule has 6 nitrogen and oxygen atoms in total. The third-order valence-electron chi connectivity index (χ3n) is 5.18. The zero-order chi connectivity index (χ0) is 19.8. The molecule has 8 heteroatoms. The average molecular weight is 424 g/mol. The van der Waals surface area contributed by atoms with Crippen LogP contribution in [0.3, 0.4) is 0 Å². The minimum absolute atomic E-state index is 0.153. The molecule has 0 atom stereocenters. The second-order valence-corrected chi connectivity index (χ2v) is 9.45. The molecule has 0 spiro atoms. The summed E-state index contributed by atoms with van der Waals surface area (Å²) in [6.07, 6.45) is 7.45. The van der Waals surface area contributed by atoms with Gasteiger partial charge in [-0.1, -0.05) is 12.5 Å². The summed E-state index contributed by atoms with van der Waals surface area (Å²) in [4.78, 5) is 24.9. The molecule has 1 aliphatic carbocycles. The number of thiophene rings is 1. The van der Waals surface area contributed by atoms with E-state index in [-0.39, 0.29) is 5.91 Å². The van der Waals surface area contributed by atoms with E-state index < -0.39 is 0 Å². The molecule has 0 saturated carbocycles. The Kier molecular flexibility index (Phi) is 4.89. The molecule has 0 saturated heterocycles. The SMILES string of the molecule is Cc1cc(C(=O)Nc2nc3c(s2)CCCCC3)c2cnn(Cc3cccs3)c2n1. The number of carbonyl (C=O) groups is 1. The van der Waals surface area contributed by atoms with E-state index in [9.17, 15) is 4.79 Å². The van der Waals surface area contributed by atoms with Gasteiger partial charge in [0.15, 0.2) is 10.8 Å². The van der Waals surface area contributed by atoms with Crippen LogP contribution in [-0.4, -0.2) is 25.7 Å². The molecular weight excluding hydrogens is 402 g/mol. The molecule has 0 radical (unpaired) electrons. The second kappa shape index (κ2) is 7.68. The number of pyridine rings is 1. The molecule has 0 aliphatic heterocycles. The molecule has 0 unspecified atom stereocenters. The van der Waals surface area contributed by atoms with Crippen LogP contribution < -0.4 is 5.32 Å². The van der Waals surface area contributed by atoms with Crippen LogP contribution >= 0.6 is 22.7 Å². The van der Waals surface area contributed by atoms with Crippen molar-refractivity contribution in [2.45, 2.75) is 45.6 Å². The summed E-state index contributed by atoms with van der Waals surface area (Å²) in [5.41, 5.74) is 3.28. The van der Waals surface area contributed by atoms with E-state index in [0.29, 0.717) is 17.2 Å². The molecule has 0 aromatic carbocycles. The number of rotatable bonds is 4. The zero-order valence-electron chi connectivity index (χ0n) is 16.1. The van der Waals surface area contributed by atoms with Crippen LogP contribution in [0.4, 0.5) is 5.13 Å². The van der Waals surface area contributed by atoms with Gasteiger partial charge in [0.1, 0.15) is 0 Å². The Morgan fingerprint density at radius 2 is 2.14 bits per heavy atom. The molecule has 0 bridgehead atoms. The standard InChI is InChI=1S/C21H21N5OS2/c1-13-10-15(16-11-22-26(19(16)23-13)12-14-6-5-9-28-14)20(27)25-21-24-17-7-3-2-4-8-18(17)29-21/h5-6,9-11H,2-4,7-8,12H2,1H3,(H,24,25,27). The fourth-order valence-corrected chi connectivity index (χ4v) is 5.50. The Balaban J connectivity index is 1.45. The lowest BCUT2D eigenvalue weighted by Gasteiger charge is -2.06. The Morgan fingerprint density at radius 1 is 1.24 bits per heavy atom. The van der Waals surface area contributed by atoms with Crippen LogP contribution in [0.1, 0.15) is 50.8 Å². The van der Waals surface area contributed by atoms with E-state index in [1.54, 1.807) is 28.9 Å². The lowest BCUT2D eigenvalue weighted by molar-refractivity contribution is 0.102. The van der Waals surface area contributed by atoms with Gasteiger partial charge in [-0.15, -0.1) is 22.7 Å². The number of carbonyl (C=O) groups excluding carboxylic acids is 1. The number of fused-ring (bicyclic) bond motifs is 2. The van der Waals surface area contributed by atoms with Gasteiger partial charge in [0.05, 0.1) is 29.4 Å². The molecule has 5 rings (SSSR count). The summed E-state index contributed by atoms with van der Waals surface area (Å²) in [5, 5.41) is 11.0. The van der Waals surface area contributed by atoms with Crippen molar-refractivity contribution in [1.29, 1.82) is 0 Å². The first kappa shape index (κ1) is 18.4. The molecule has 1 aliphatic rings. The molecule has 29 heavy (non-hydrogen) atoms. The highest BCUT2D eigenvalue weighted by atomic mass is 32.1. The molecule has 0 fully saturated rings. The maximum absolute atomic E-state index is 13.1. The van der Waals surface area contributed by atoms with Gasteiger partial charge in [0, 0.05) is 15.4 Å². The predicted octanol–water partition coefficient (Wildman–Crippen LogP) is 4.83. The highest BCUT2D eigenvalue weighted by Gasteiger charge is 2.19. The summed E-state index contributed by atoms with van der Waals surface area (Å²) in [7, 11) is 0. The van der Waals surface area contributed by atoms with Crippen molar-refractivity contribution in [3.8, 4) is 0 Å². The van der Waals surface area contributed by atoms with Crippen molar-refractivity contribution < 1.29 is 4.79 Å². The highest BCUT2D eigenvalue weighted by Crippen LogP contribution is 2.30. The van der Waals surface area contributed by atoms with Gasteiger partial charge in [0.2, 0.25) is 0 Å². The summed E-state index contributed by atoms with van der Waals surface area (Å²) >= 11 is 3.30. The first-order valence-corrected chi connectivity index (χ1v) is 11.5. The number of hydrogen-bond acceptors (Lipinski definition) is 6. The summed E-state index contributed by atoms with van der Waals surface area (Å²) in [6, 6.07) is 5.93. The number of nitrogens with one attached hydrogen (secondary N) is 1. The number of amides is 1. The predicted molar refractivity (Wildman–Crippen MR) is 117 cm³/mol. The lowest BCUT2D eigenvalue weighted by Crippen LogP contribution is -2.13. The van der Waals surface area contributed by atoms with E-state index in [1.165, 1.54) is 29.0 Å². The Morgan fingerprint density at radius 3 is 3.00 bits per heavy atom. The van der Waals surface area contributed by atoms with E-state index in [1.807, 2.05) is 29.1 Å². The first-order chi connectivity index (χ1) is 14.2. The smallest absolute Gasteiger partial charge is 0.258 e. The van der Waals surface area contributed by atoms with Crippen molar-refractivity contribution in [1.82, 2.24) is 19.7 Å². The number of thiazole rings is 1. The van der Waals surface area contributed by atoms with Crippen molar-refractivity contribution in [3.63, 3.8) is 0 Å². The second-order valence-electron chi connectivity index (χ2n) is 7.33. The number of anilines is 1. The van der Waals surface area contributed by atoms with Crippen molar-refractivity contribution in [3.05, 3.63) is 56.5 Å². The summed E-state index contributed by atoms with van der Waals surface area (Å²) < 4.78 is 1.86. The Labute approximate surface area is 176 Å². The number of nitrogens with zero attached hydrogens (tertiary/aromatic N) is 4. The lowest BCUT2D eigenvalue weighted by atomic mass is 10.1. The van der Waals surface area contributed by atoms with Crippen molar-refractivity contribution >= 4 is 44.7 Å².